The molecule has 224 valence electrons. The molecule has 0 saturated heterocycles. The molecule has 0 aliphatic carbocycles. The molecule has 1 aliphatic heterocycles. The first-order valence-electron chi connectivity index (χ1n) is 15.9. The summed E-state index contributed by atoms with van der Waals surface area (Å²) in [6, 6.07) is 53.7. The van der Waals surface area contributed by atoms with E-state index >= 15 is 0 Å². The lowest BCUT2D eigenvalue weighted by Crippen LogP contribution is -2.03. The number of hydrogen-bond acceptors (Lipinski definition) is 5. The fraction of sp³-hybridized carbons (Fsp3) is 0. The Kier molecular flexibility index (Phi) is 6.29. The smallest absolute Gasteiger partial charge is 0.165 e. The van der Waals surface area contributed by atoms with Crippen molar-refractivity contribution in [2.45, 2.75) is 9.79 Å². The molecular weight excluding hydrogens is 623 g/mol. The van der Waals surface area contributed by atoms with Crippen molar-refractivity contribution in [3.8, 4) is 56.4 Å². The van der Waals surface area contributed by atoms with Crippen molar-refractivity contribution < 1.29 is 0 Å². The van der Waals surface area contributed by atoms with E-state index in [1.54, 1.807) is 11.3 Å². The van der Waals surface area contributed by atoms with E-state index < -0.39 is 0 Å². The Bertz CT molecular complexity index is 2700. The minimum atomic E-state index is 0.666. The topological polar surface area (TPSA) is 38.7 Å². The van der Waals surface area contributed by atoms with Crippen molar-refractivity contribution in [1.82, 2.24) is 15.0 Å². The Hall–Kier alpha value is -5.62. The summed E-state index contributed by atoms with van der Waals surface area (Å²) in [5.74, 6) is 2.02. The fourth-order valence-electron chi connectivity index (χ4n) is 6.99. The fourth-order valence-corrected chi connectivity index (χ4v) is 9.37. The lowest BCUT2D eigenvalue weighted by molar-refractivity contribution is 1.08. The van der Waals surface area contributed by atoms with Crippen LogP contribution in [0.5, 0.6) is 0 Å². The van der Waals surface area contributed by atoms with Crippen LogP contribution in [0.3, 0.4) is 0 Å². The van der Waals surface area contributed by atoms with E-state index in [2.05, 4.69) is 133 Å². The van der Waals surface area contributed by atoms with Crippen LogP contribution in [-0.4, -0.2) is 15.0 Å². The maximum atomic E-state index is 5.29. The van der Waals surface area contributed by atoms with Crippen LogP contribution in [0.1, 0.15) is 0 Å². The second kappa shape index (κ2) is 11.0. The van der Waals surface area contributed by atoms with Gasteiger partial charge < -0.3 is 0 Å². The Balaban J connectivity index is 1.23. The Morgan fingerprint density at radius 2 is 1.00 bits per heavy atom. The highest BCUT2D eigenvalue weighted by molar-refractivity contribution is 7.99. The third-order valence-electron chi connectivity index (χ3n) is 9.16. The molecule has 0 radical (unpaired) electrons. The molecule has 48 heavy (non-hydrogen) atoms. The second-order valence-electron chi connectivity index (χ2n) is 11.9. The standard InChI is InChI=1S/C43H25N3S2/c1-3-12-26(13-4-1)28-24-25-37-38-30(28)17-9-19-32(38)39-33(20-11-23-36(39)47-37)42-44-41(27-14-5-2-6-15-27)45-43(46-42)34-21-10-18-31-29-16-7-8-22-35(29)48-40(31)34/h1-25H. The van der Waals surface area contributed by atoms with E-state index in [0.29, 0.717) is 17.5 Å². The van der Waals surface area contributed by atoms with Gasteiger partial charge in [0.25, 0.3) is 0 Å². The molecule has 2 aromatic heterocycles. The van der Waals surface area contributed by atoms with Crippen molar-refractivity contribution in [1.29, 1.82) is 0 Å². The van der Waals surface area contributed by atoms with Gasteiger partial charge in [0, 0.05) is 57.6 Å². The maximum Gasteiger partial charge on any atom is 0.165 e. The monoisotopic (exact) mass is 647 g/mol. The van der Waals surface area contributed by atoms with Gasteiger partial charge in [0.1, 0.15) is 0 Å². The molecule has 7 aromatic carbocycles. The number of hydrogen-bond donors (Lipinski definition) is 0. The van der Waals surface area contributed by atoms with E-state index in [4.69, 9.17) is 15.0 Å². The van der Waals surface area contributed by atoms with E-state index in [1.807, 2.05) is 30.0 Å². The first kappa shape index (κ1) is 27.5. The maximum absolute atomic E-state index is 5.29. The quantitative estimate of drug-likeness (QED) is 0.191. The van der Waals surface area contributed by atoms with Crippen LogP contribution >= 0.6 is 23.1 Å². The van der Waals surface area contributed by atoms with Gasteiger partial charge in [-0.1, -0.05) is 139 Å². The van der Waals surface area contributed by atoms with Crippen molar-refractivity contribution in [3.63, 3.8) is 0 Å². The molecule has 3 nitrogen and oxygen atoms in total. The zero-order chi connectivity index (χ0) is 31.6. The largest absolute Gasteiger partial charge is 0.208 e. The predicted octanol–water partition coefficient (Wildman–Crippen LogP) is 12.2. The van der Waals surface area contributed by atoms with Gasteiger partial charge in [0.05, 0.1) is 0 Å². The van der Waals surface area contributed by atoms with E-state index in [9.17, 15) is 0 Å². The molecule has 5 heteroatoms. The van der Waals surface area contributed by atoms with E-state index in [0.717, 1.165) is 16.7 Å². The van der Waals surface area contributed by atoms with Crippen LogP contribution in [0, 0.1) is 0 Å². The molecule has 0 saturated carbocycles. The van der Waals surface area contributed by atoms with Crippen molar-refractivity contribution >= 4 is 54.0 Å². The Morgan fingerprint density at radius 1 is 0.375 bits per heavy atom. The molecule has 0 N–H and O–H groups in total. The number of nitrogens with zero attached hydrogens (tertiary/aromatic N) is 3. The number of fused-ring (bicyclic) bond motifs is 5. The van der Waals surface area contributed by atoms with Gasteiger partial charge in [-0.25, -0.2) is 15.0 Å². The summed E-state index contributed by atoms with van der Waals surface area (Å²) in [6.45, 7) is 0. The zero-order valence-electron chi connectivity index (χ0n) is 25.6. The van der Waals surface area contributed by atoms with Gasteiger partial charge in [0.15, 0.2) is 17.5 Å². The summed E-state index contributed by atoms with van der Waals surface area (Å²) in [7, 11) is 0. The normalized spacial score (nSPS) is 12.1. The van der Waals surface area contributed by atoms with Gasteiger partial charge in [-0.2, -0.15) is 0 Å². The zero-order valence-corrected chi connectivity index (χ0v) is 27.2. The van der Waals surface area contributed by atoms with Gasteiger partial charge in [0.2, 0.25) is 0 Å². The van der Waals surface area contributed by atoms with Gasteiger partial charge in [-0.15, -0.1) is 11.3 Å². The van der Waals surface area contributed by atoms with Crippen LogP contribution in [0.2, 0.25) is 0 Å². The average molecular weight is 648 g/mol. The highest BCUT2D eigenvalue weighted by Gasteiger charge is 2.25. The molecule has 0 amide bonds. The third-order valence-corrected chi connectivity index (χ3v) is 11.5. The number of rotatable bonds is 4. The minimum Gasteiger partial charge on any atom is -0.208 e. The summed E-state index contributed by atoms with van der Waals surface area (Å²) < 4.78 is 2.45. The summed E-state index contributed by atoms with van der Waals surface area (Å²) in [5, 5.41) is 5.01. The van der Waals surface area contributed by atoms with E-state index in [1.165, 1.54) is 63.0 Å². The molecule has 10 rings (SSSR count). The second-order valence-corrected chi connectivity index (χ2v) is 14.1. The van der Waals surface area contributed by atoms with E-state index in [-0.39, 0.29) is 0 Å². The molecule has 0 fully saturated rings. The Morgan fingerprint density at radius 3 is 1.83 bits per heavy atom. The molecule has 1 aliphatic rings. The predicted molar refractivity (Wildman–Crippen MR) is 202 cm³/mol. The highest BCUT2D eigenvalue weighted by atomic mass is 32.2. The first-order valence-corrected chi connectivity index (χ1v) is 17.6. The van der Waals surface area contributed by atoms with Crippen LogP contribution in [0.4, 0.5) is 0 Å². The Labute approximate surface area is 285 Å². The SMILES string of the molecule is c1ccc(-c2nc(-c3cccc4c3-c3cccc5c(-c6ccccc6)ccc(c35)S4)nc(-c3cccc4c3sc3ccccc34)n2)cc1. The first-order chi connectivity index (χ1) is 23.8. The lowest BCUT2D eigenvalue weighted by Gasteiger charge is -2.24. The number of thiophene rings is 1. The highest BCUT2D eigenvalue weighted by Crippen LogP contribution is 2.52. The molecule has 9 aromatic rings. The van der Waals surface area contributed by atoms with Crippen LogP contribution < -0.4 is 0 Å². The third kappa shape index (κ3) is 4.32. The van der Waals surface area contributed by atoms with Crippen LogP contribution in [0.15, 0.2) is 161 Å². The van der Waals surface area contributed by atoms with Crippen LogP contribution in [-0.2, 0) is 0 Å². The summed E-state index contributed by atoms with van der Waals surface area (Å²) in [6.07, 6.45) is 0. The number of benzene rings is 7. The molecular formula is C43H25N3S2. The van der Waals surface area contributed by atoms with Crippen LogP contribution in [0.25, 0.3) is 87.4 Å². The molecule has 0 atom stereocenters. The molecule has 0 unspecified atom stereocenters. The summed E-state index contributed by atoms with van der Waals surface area (Å²) in [5.41, 5.74) is 7.83. The molecule has 0 spiro atoms. The molecule has 3 heterocycles. The molecule has 0 bridgehead atoms. The van der Waals surface area contributed by atoms with Gasteiger partial charge >= 0.3 is 0 Å². The van der Waals surface area contributed by atoms with Gasteiger partial charge in [-0.05, 0) is 46.3 Å². The van der Waals surface area contributed by atoms with Crippen molar-refractivity contribution in [2.24, 2.45) is 0 Å². The summed E-state index contributed by atoms with van der Waals surface area (Å²) >= 11 is 3.62. The minimum absolute atomic E-state index is 0.666. The lowest BCUT2D eigenvalue weighted by atomic mass is 9.90. The van der Waals surface area contributed by atoms with Crippen molar-refractivity contribution in [3.05, 3.63) is 152 Å². The summed E-state index contributed by atoms with van der Waals surface area (Å²) in [4.78, 5) is 18.1. The average Bonchev–Trinajstić information content (AvgIpc) is 3.54. The van der Waals surface area contributed by atoms with Crippen molar-refractivity contribution in [2.75, 3.05) is 0 Å². The van der Waals surface area contributed by atoms with Gasteiger partial charge in [-0.3, -0.25) is 0 Å². The number of aromatic nitrogens is 3.